The molecular weight excluding hydrogens is 384 g/mol. The Balaban J connectivity index is 2.10. The van der Waals surface area contributed by atoms with E-state index in [0.717, 1.165) is 34.3 Å². The van der Waals surface area contributed by atoms with E-state index >= 15 is 0 Å². The summed E-state index contributed by atoms with van der Waals surface area (Å²) in [5.74, 6) is 0.481. The summed E-state index contributed by atoms with van der Waals surface area (Å²) in [4.78, 5) is 12.5. The van der Waals surface area contributed by atoms with Crippen LogP contribution in [0.15, 0.2) is 31.9 Å². The molecule has 1 heterocycles. The van der Waals surface area contributed by atoms with Crippen LogP contribution in [-0.4, -0.2) is 9.78 Å². The van der Waals surface area contributed by atoms with Gasteiger partial charge >= 0.3 is 0 Å². The van der Waals surface area contributed by atoms with Gasteiger partial charge in [0.25, 0.3) is 5.56 Å². The van der Waals surface area contributed by atoms with Crippen molar-refractivity contribution < 1.29 is 0 Å². The van der Waals surface area contributed by atoms with Crippen molar-refractivity contribution in [1.82, 2.24) is 9.78 Å². The third-order valence-corrected chi connectivity index (χ3v) is 5.28. The minimum Gasteiger partial charge on any atom is -0.294 e. The van der Waals surface area contributed by atoms with Gasteiger partial charge in [-0.2, -0.15) is 0 Å². The summed E-state index contributed by atoms with van der Waals surface area (Å²) in [6, 6.07) is 5.94. The van der Waals surface area contributed by atoms with E-state index in [1.54, 1.807) is 4.68 Å². The maximum absolute atomic E-state index is 12.5. The number of halogens is 2. The van der Waals surface area contributed by atoms with E-state index in [9.17, 15) is 4.79 Å². The molecule has 1 fully saturated rings. The molecule has 1 aliphatic carbocycles. The zero-order chi connectivity index (χ0) is 14.3. The predicted octanol–water partition coefficient (Wildman–Crippen LogP) is 4.66. The number of aryl methyl sites for hydroxylation is 1. The number of H-pyrrole nitrogens is 1. The highest BCUT2D eigenvalue weighted by Crippen LogP contribution is 2.35. The van der Waals surface area contributed by atoms with Gasteiger partial charge in [-0.15, -0.1) is 0 Å². The Kier molecular flexibility index (Phi) is 3.91. The van der Waals surface area contributed by atoms with E-state index < -0.39 is 0 Å². The van der Waals surface area contributed by atoms with E-state index in [4.69, 9.17) is 0 Å². The molecule has 0 spiro atoms. The second-order valence-electron chi connectivity index (χ2n) is 5.39. The fraction of sp³-hybridized carbons (Fsp3) is 0.400. The van der Waals surface area contributed by atoms with E-state index in [-0.39, 0.29) is 5.56 Å². The molecule has 20 heavy (non-hydrogen) atoms. The van der Waals surface area contributed by atoms with Crippen molar-refractivity contribution in [1.29, 1.82) is 0 Å². The molecule has 3 nitrogen and oxygen atoms in total. The van der Waals surface area contributed by atoms with Crippen LogP contribution in [0.25, 0.3) is 5.69 Å². The smallest absolute Gasteiger partial charge is 0.285 e. The molecule has 0 amide bonds. The molecule has 3 rings (SSSR count). The molecule has 2 aromatic rings. The van der Waals surface area contributed by atoms with Gasteiger partial charge in [-0.25, -0.2) is 4.68 Å². The number of hydrogen-bond acceptors (Lipinski definition) is 1. The number of hydrogen-bond donors (Lipinski definition) is 1. The highest BCUT2D eigenvalue weighted by molar-refractivity contribution is 9.10. The van der Waals surface area contributed by atoms with Crippen molar-refractivity contribution in [2.24, 2.45) is 0 Å². The molecule has 1 aliphatic rings. The van der Waals surface area contributed by atoms with E-state index in [2.05, 4.69) is 37.0 Å². The van der Waals surface area contributed by atoms with Crippen molar-refractivity contribution in [3.05, 3.63) is 48.8 Å². The van der Waals surface area contributed by atoms with Gasteiger partial charge in [0, 0.05) is 10.4 Å². The van der Waals surface area contributed by atoms with Crippen LogP contribution in [0, 0.1) is 6.92 Å². The zero-order valence-electron chi connectivity index (χ0n) is 11.2. The van der Waals surface area contributed by atoms with Crippen molar-refractivity contribution in [2.45, 2.75) is 38.5 Å². The quantitative estimate of drug-likeness (QED) is 0.783. The molecule has 1 N–H and O–H groups in total. The van der Waals surface area contributed by atoms with Gasteiger partial charge in [-0.1, -0.05) is 28.8 Å². The van der Waals surface area contributed by atoms with Crippen LogP contribution in [0.4, 0.5) is 0 Å². The fourth-order valence-electron chi connectivity index (χ4n) is 2.96. The second-order valence-corrected chi connectivity index (χ2v) is 7.10. The Hall–Kier alpha value is -0.810. The lowest BCUT2D eigenvalue weighted by molar-refractivity contribution is 0.674. The summed E-state index contributed by atoms with van der Waals surface area (Å²) in [7, 11) is 0. The summed E-state index contributed by atoms with van der Waals surface area (Å²) in [5, 5.41) is 3.31. The van der Waals surface area contributed by atoms with Crippen molar-refractivity contribution in [3.8, 4) is 5.69 Å². The van der Waals surface area contributed by atoms with Gasteiger partial charge in [-0.3, -0.25) is 9.89 Å². The monoisotopic (exact) mass is 398 g/mol. The Labute approximate surface area is 134 Å². The van der Waals surface area contributed by atoms with E-state index in [1.165, 1.54) is 12.8 Å². The first-order chi connectivity index (χ1) is 9.58. The van der Waals surface area contributed by atoms with Gasteiger partial charge in [-0.05, 0) is 59.5 Å². The van der Waals surface area contributed by atoms with E-state index in [0.29, 0.717) is 10.4 Å². The summed E-state index contributed by atoms with van der Waals surface area (Å²) in [6.45, 7) is 2.01. The minimum atomic E-state index is -0.00248. The molecule has 0 saturated heterocycles. The normalized spacial score (nSPS) is 15.9. The molecule has 0 aliphatic heterocycles. The van der Waals surface area contributed by atoms with Gasteiger partial charge in [0.2, 0.25) is 0 Å². The lowest BCUT2D eigenvalue weighted by Gasteiger charge is -2.09. The number of benzene rings is 1. The molecule has 0 atom stereocenters. The maximum atomic E-state index is 12.5. The third kappa shape index (κ3) is 2.42. The number of aromatic nitrogens is 2. The van der Waals surface area contributed by atoms with Crippen LogP contribution < -0.4 is 5.56 Å². The van der Waals surface area contributed by atoms with Gasteiger partial charge in [0.1, 0.15) is 4.47 Å². The first kappa shape index (κ1) is 14.1. The summed E-state index contributed by atoms with van der Waals surface area (Å²) in [5.41, 5.74) is 3.02. The lowest BCUT2D eigenvalue weighted by Crippen LogP contribution is -2.15. The molecule has 5 heteroatoms. The summed E-state index contributed by atoms with van der Waals surface area (Å²) in [6.07, 6.45) is 4.83. The standard InChI is InChI=1S/C15H16Br2N2O/c1-9-8-11(16)6-7-12(9)19-15(20)13(17)14(18-19)10-4-2-3-5-10/h6-8,10,18H,2-5H2,1H3. The number of nitrogens with one attached hydrogen (secondary N) is 1. The molecule has 1 aromatic carbocycles. The number of rotatable bonds is 2. The number of nitrogens with zero attached hydrogens (tertiary/aromatic N) is 1. The second kappa shape index (κ2) is 5.53. The lowest BCUT2D eigenvalue weighted by atomic mass is 10.1. The largest absolute Gasteiger partial charge is 0.294 e. The highest BCUT2D eigenvalue weighted by Gasteiger charge is 2.24. The van der Waals surface area contributed by atoms with Crippen molar-refractivity contribution in [3.63, 3.8) is 0 Å². The maximum Gasteiger partial charge on any atom is 0.285 e. The summed E-state index contributed by atoms with van der Waals surface area (Å²) >= 11 is 6.93. The SMILES string of the molecule is Cc1cc(Br)ccc1-n1[nH]c(C2CCCC2)c(Br)c1=O. The molecule has 0 radical (unpaired) electrons. The average Bonchev–Trinajstić information content (AvgIpc) is 3.01. The Morgan fingerprint density at radius 1 is 1.25 bits per heavy atom. The highest BCUT2D eigenvalue weighted by atomic mass is 79.9. The first-order valence-corrected chi connectivity index (χ1v) is 8.43. The summed E-state index contributed by atoms with van der Waals surface area (Å²) < 4.78 is 3.36. The van der Waals surface area contributed by atoms with Gasteiger partial charge in [0.15, 0.2) is 0 Å². The van der Waals surface area contributed by atoms with Crippen molar-refractivity contribution in [2.75, 3.05) is 0 Å². The zero-order valence-corrected chi connectivity index (χ0v) is 14.4. The van der Waals surface area contributed by atoms with Gasteiger partial charge in [0.05, 0.1) is 11.4 Å². The van der Waals surface area contributed by atoms with Crippen LogP contribution in [0.1, 0.15) is 42.9 Å². The molecule has 1 saturated carbocycles. The van der Waals surface area contributed by atoms with Crippen LogP contribution in [0.5, 0.6) is 0 Å². The van der Waals surface area contributed by atoms with Crippen molar-refractivity contribution >= 4 is 31.9 Å². The van der Waals surface area contributed by atoms with Crippen LogP contribution in [-0.2, 0) is 0 Å². The topological polar surface area (TPSA) is 37.8 Å². The molecule has 0 unspecified atom stereocenters. The molecule has 1 aromatic heterocycles. The van der Waals surface area contributed by atoms with E-state index in [1.807, 2.05) is 25.1 Å². The minimum absolute atomic E-state index is 0.00248. The fourth-order valence-corrected chi connectivity index (χ4v) is 4.02. The van der Waals surface area contributed by atoms with Crippen LogP contribution >= 0.6 is 31.9 Å². The average molecular weight is 400 g/mol. The first-order valence-electron chi connectivity index (χ1n) is 6.85. The Bertz CT molecular complexity index is 696. The molecule has 106 valence electrons. The number of aromatic amines is 1. The Morgan fingerprint density at radius 2 is 1.95 bits per heavy atom. The third-order valence-electron chi connectivity index (χ3n) is 4.02. The molecule has 0 bridgehead atoms. The van der Waals surface area contributed by atoms with Crippen LogP contribution in [0.2, 0.25) is 0 Å². The molecular formula is C15H16Br2N2O. The Morgan fingerprint density at radius 3 is 2.60 bits per heavy atom. The van der Waals surface area contributed by atoms with Gasteiger partial charge < -0.3 is 0 Å². The van der Waals surface area contributed by atoms with Crippen LogP contribution in [0.3, 0.4) is 0 Å². The predicted molar refractivity (Wildman–Crippen MR) is 87.7 cm³/mol.